The number of hydrogen-bond acceptors (Lipinski definition) is 3. The van der Waals surface area contributed by atoms with E-state index in [4.69, 9.17) is 0 Å². The molecule has 0 saturated carbocycles. The van der Waals surface area contributed by atoms with Crippen LogP contribution in [0.15, 0.2) is 24.5 Å². The molecule has 2 rings (SSSR count). The van der Waals surface area contributed by atoms with Gasteiger partial charge in [-0.3, -0.25) is 14.4 Å². The number of aryl methyl sites for hydroxylation is 1. The van der Waals surface area contributed by atoms with Gasteiger partial charge < -0.3 is 5.32 Å². The van der Waals surface area contributed by atoms with Gasteiger partial charge in [-0.05, 0) is 18.9 Å². The van der Waals surface area contributed by atoms with Gasteiger partial charge >= 0.3 is 0 Å². The average molecular weight is 248 g/mol. The van der Waals surface area contributed by atoms with Gasteiger partial charge in [-0.1, -0.05) is 12.2 Å². The van der Waals surface area contributed by atoms with Gasteiger partial charge in [0.1, 0.15) is 6.54 Å². The monoisotopic (exact) mass is 248 g/mol. The molecule has 2 heterocycles. The van der Waals surface area contributed by atoms with Crippen molar-refractivity contribution in [3.8, 4) is 0 Å². The molecule has 0 aromatic carbocycles. The van der Waals surface area contributed by atoms with E-state index >= 15 is 0 Å². The highest BCUT2D eigenvalue weighted by atomic mass is 16.2. The Bertz CT molecular complexity index is 424. The molecule has 5 heteroatoms. The number of rotatable bonds is 5. The third-order valence-corrected chi connectivity index (χ3v) is 2.96. The van der Waals surface area contributed by atoms with Gasteiger partial charge in [0.05, 0.1) is 6.20 Å². The molecule has 0 bridgehead atoms. The zero-order chi connectivity index (χ0) is 12.8. The number of aromatic nitrogens is 2. The Kier molecular flexibility index (Phi) is 4.52. The minimum absolute atomic E-state index is 0.0191. The Morgan fingerprint density at radius 3 is 3.06 bits per heavy atom. The van der Waals surface area contributed by atoms with Gasteiger partial charge in [0.15, 0.2) is 0 Å². The minimum Gasteiger partial charge on any atom is -0.353 e. The van der Waals surface area contributed by atoms with Crippen LogP contribution in [0.25, 0.3) is 0 Å². The van der Waals surface area contributed by atoms with E-state index < -0.39 is 0 Å². The molecule has 0 unspecified atom stereocenters. The Balaban J connectivity index is 1.64. The predicted molar refractivity (Wildman–Crippen MR) is 70.2 cm³/mol. The SMILES string of the molecule is Cc1cnn(CC(=O)NCCN2CC=CCC2)c1. The summed E-state index contributed by atoms with van der Waals surface area (Å²) >= 11 is 0. The summed E-state index contributed by atoms with van der Waals surface area (Å²) in [6, 6.07) is 0. The molecule has 0 aliphatic carbocycles. The largest absolute Gasteiger partial charge is 0.353 e. The third-order valence-electron chi connectivity index (χ3n) is 2.96. The summed E-state index contributed by atoms with van der Waals surface area (Å²) in [7, 11) is 0. The Morgan fingerprint density at radius 1 is 1.50 bits per heavy atom. The summed E-state index contributed by atoms with van der Waals surface area (Å²) in [5, 5.41) is 7.01. The van der Waals surface area contributed by atoms with Crippen molar-refractivity contribution in [2.45, 2.75) is 19.9 Å². The van der Waals surface area contributed by atoms with E-state index in [1.54, 1.807) is 10.9 Å². The van der Waals surface area contributed by atoms with Gasteiger partial charge in [0, 0.05) is 32.4 Å². The third kappa shape index (κ3) is 4.00. The van der Waals surface area contributed by atoms with Crippen molar-refractivity contribution in [2.75, 3.05) is 26.2 Å². The maximum absolute atomic E-state index is 11.7. The van der Waals surface area contributed by atoms with Crippen LogP contribution >= 0.6 is 0 Å². The molecular formula is C13H20N4O. The van der Waals surface area contributed by atoms with Crippen LogP contribution in [0.1, 0.15) is 12.0 Å². The van der Waals surface area contributed by atoms with Crippen molar-refractivity contribution in [2.24, 2.45) is 0 Å². The molecule has 98 valence electrons. The van der Waals surface area contributed by atoms with Crippen molar-refractivity contribution < 1.29 is 4.79 Å². The number of amides is 1. The number of nitrogens with zero attached hydrogens (tertiary/aromatic N) is 3. The second-order valence-corrected chi connectivity index (χ2v) is 4.63. The summed E-state index contributed by atoms with van der Waals surface area (Å²) in [4.78, 5) is 14.0. The lowest BCUT2D eigenvalue weighted by Crippen LogP contribution is -2.37. The second-order valence-electron chi connectivity index (χ2n) is 4.63. The minimum atomic E-state index is 0.0191. The maximum atomic E-state index is 11.7. The van der Waals surface area contributed by atoms with Crippen LogP contribution in [0.4, 0.5) is 0 Å². The summed E-state index contributed by atoms with van der Waals surface area (Å²) in [5.74, 6) is 0.0191. The van der Waals surface area contributed by atoms with E-state index in [2.05, 4.69) is 27.5 Å². The summed E-state index contributed by atoms with van der Waals surface area (Å²) in [6.07, 6.45) is 9.12. The lowest BCUT2D eigenvalue weighted by atomic mass is 10.2. The zero-order valence-corrected chi connectivity index (χ0v) is 10.8. The first-order valence-corrected chi connectivity index (χ1v) is 6.37. The maximum Gasteiger partial charge on any atom is 0.241 e. The van der Waals surface area contributed by atoms with Crippen LogP contribution < -0.4 is 5.32 Å². The van der Waals surface area contributed by atoms with Gasteiger partial charge in [-0.25, -0.2) is 0 Å². The van der Waals surface area contributed by atoms with E-state index in [0.717, 1.165) is 31.6 Å². The lowest BCUT2D eigenvalue weighted by molar-refractivity contribution is -0.121. The Morgan fingerprint density at radius 2 is 2.39 bits per heavy atom. The number of hydrogen-bond donors (Lipinski definition) is 1. The molecule has 1 aliphatic rings. The number of carbonyl (C=O) groups is 1. The highest BCUT2D eigenvalue weighted by Gasteiger charge is 2.07. The fourth-order valence-electron chi connectivity index (χ4n) is 2.00. The first kappa shape index (κ1) is 12.8. The van der Waals surface area contributed by atoms with E-state index in [1.807, 2.05) is 13.1 Å². The van der Waals surface area contributed by atoms with E-state index in [-0.39, 0.29) is 5.91 Å². The Labute approximate surface area is 107 Å². The van der Waals surface area contributed by atoms with Gasteiger partial charge in [0.25, 0.3) is 0 Å². The van der Waals surface area contributed by atoms with Crippen molar-refractivity contribution in [3.63, 3.8) is 0 Å². The molecule has 0 radical (unpaired) electrons. The molecule has 1 amide bonds. The van der Waals surface area contributed by atoms with E-state index in [9.17, 15) is 4.79 Å². The molecule has 1 aromatic rings. The molecule has 5 nitrogen and oxygen atoms in total. The van der Waals surface area contributed by atoms with Crippen LogP contribution in [0.5, 0.6) is 0 Å². The quantitative estimate of drug-likeness (QED) is 0.775. The van der Waals surface area contributed by atoms with Gasteiger partial charge in [0.2, 0.25) is 5.91 Å². The second kappa shape index (κ2) is 6.35. The molecule has 1 N–H and O–H groups in total. The Hall–Kier alpha value is -1.62. The first-order chi connectivity index (χ1) is 8.74. The first-order valence-electron chi connectivity index (χ1n) is 6.37. The molecular weight excluding hydrogens is 228 g/mol. The normalized spacial score (nSPS) is 15.8. The molecule has 0 saturated heterocycles. The van der Waals surface area contributed by atoms with E-state index in [1.165, 1.54) is 0 Å². The van der Waals surface area contributed by atoms with Crippen LogP contribution in [0, 0.1) is 6.92 Å². The van der Waals surface area contributed by atoms with Gasteiger partial charge in [-0.2, -0.15) is 5.10 Å². The van der Waals surface area contributed by atoms with E-state index in [0.29, 0.717) is 13.1 Å². The van der Waals surface area contributed by atoms with Crippen molar-refractivity contribution in [3.05, 3.63) is 30.1 Å². The number of nitrogens with one attached hydrogen (secondary N) is 1. The number of carbonyl (C=O) groups excluding carboxylic acids is 1. The lowest BCUT2D eigenvalue weighted by Gasteiger charge is -2.22. The van der Waals surface area contributed by atoms with Gasteiger partial charge in [-0.15, -0.1) is 0 Å². The highest BCUT2D eigenvalue weighted by molar-refractivity contribution is 5.75. The van der Waals surface area contributed by atoms with Crippen LogP contribution in [0.2, 0.25) is 0 Å². The smallest absolute Gasteiger partial charge is 0.241 e. The van der Waals surface area contributed by atoms with Crippen molar-refractivity contribution in [1.29, 1.82) is 0 Å². The summed E-state index contributed by atoms with van der Waals surface area (Å²) < 4.78 is 1.66. The van der Waals surface area contributed by atoms with Crippen LogP contribution in [-0.4, -0.2) is 46.8 Å². The van der Waals surface area contributed by atoms with Crippen molar-refractivity contribution >= 4 is 5.91 Å². The molecule has 1 aliphatic heterocycles. The van der Waals surface area contributed by atoms with Crippen LogP contribution in [0.3, 0.4) is 0 Å². The molecule has 0 atom stereocenters. The standard InChI is InChI=1S/C13H20N4O/c1-12-9-15-17(10-12)11-13(18)14-5-8-16-6-3-2-4-7-16/h2-3,9-10H,4-8,11H2,1H3,(H,14,18). The fraction of sp³-hybridized carbons (Fsp3) is 0.538. The zero-order valence-electron chi connectivity index (χ0n) is 10.8. The molecule has 0 fully saturated rings. The average Bonchev–Trinajstić information content (AvgIpc) is 2.76. The topological polar surface area (TPSA) is 50.2 Å². The molecule has 1 aromatic heterocycles. The fourth-order valence-corrected chi connectivity index (χ4v) is 2.00. The molecule has 18 heavy (non-hydrogen) atoms. The summed E-state index contributed by atoms with van der Waals surface area (Å²) in [6.45, 7) is 5.96. The van der Waals surface area contributed by atoms with Crippen molar-refractivity contribution in [1.82, 2.24) is 20.0 Å². The predicted octanol–water partition coefficient (Wildman–Crippen LogP) is 0.570. The highest BCUT2D eigenvalue weighted by Crippen LogP contribution is 1.99. The van der Waals surface area contributed by atoms with Crippen LogP contribution in [-0.2, 0) is 11.3 Å². The summed E-state index contributed by atoms with van der Waals surface area (Å²) in [5.41, 5.74) is 1.07. The molecule has 0 spiro atoms.